The average Bonchev–Trinajstić information content (AvgIpc) is 3.02. The smallest absolute Gasteiger partial charge is 0.166 e. The molecule has 7 nitrogen and oxygen atoms in total. The first-order chi connectivity index (χ1) is 10.2. The lowest BCUT2D eigenvalue weighted by Gasteiger charge is -2.19. The Morgan fingerprint density at radius 1 is 1.33 bits per heavy atom. The predicted molar refractivity (Wildman–Crippen MR) is 83.8 cm³/mol. The highest BCUT2D eigenvalue weighted by molar-refractivity contribution is 14.1. The third-order valence-corrected chi connectivity index (χ3v) is 4.63. The normalized spacial score (nSPS) is 29.3. The van der Waals surface area contributed by atoms with E-state index < -0.39 is 0 Å². The van der Waals surface area contributed by atoms with E-state index in [0.717, 1.165) is 14.9 Å². The minimum atomic E-state index is -0.175. The fourth-order valence-corrected chi connectivity index (χ4v) is 3.38. The molecule has 21 heavy (non-hydrogen) atoms. The van der Waals surface area contributed by atoms with E-state index in [-0.39, 0.29) is 24.4 Å². The zero-order valence-corrected chi connectivity index (χ0v) is 14.2. The summed E-state index contributed by atoms with van der Waals surface area (Å²) in [6.45, 7) is 2.60. The van der Waals surface area contributed by atoms with Crippen LogP contribution in [0.15, 0.2) is 12.7 Å². The van der Waals surface area contributed by atoms with Gasteiger partial charge in [0.05, 0.1) is 19.0 Å². The summed E-state index contributed by atoms with van der Waals surface area (Å²) >= 11 is 2.16. The Morgan fingerprint density at radius 2 is 2.14 bits per heavy atom. The van der Waals surface area contributed by atoms with Crippen LogP contribution in [0, 0.1) is 9.62 Å². The standard InChI is InChI=1S/C13H17IN4O3/c1-7-10(20-3)8(4-19-2)21-13(7)18-6-17-9-11(14)15-5-16-12(9)18/h5-8,10,13H,4H2,1-3H3/t7?,8-,10?,13-/m1/s1. The molecule has 8 heteroatoms. The van der Waals surface area contributed by atoms with Crippen molar-refractivity contribution < 1.29 is 14.2 Å². The second-order valence-electron chi connectivity index (χ2n) is 5.07. The summed E-state index contributed by atoms with van der Waals surface area (Å²) in [5, 5.41) is 0. The van der Waals surface area contributed by atoms with Gasteiger partial charge in [-0.15, -0.1) is 0 Å². The van der Waals surface area contributed by atoms with Crippen LogP contribution in [0.4, 0.5) is 0 Å². The number of nitrogens with zero attached hydrogens (tertiary/aromatic N) is 4. The SMILES string of the molecule is COC[C@H]1O[C@@H](n2cnc3c(I)ncnc32)C(C)C1OC. The van der Waals surface area contributed by atoms with Gasteiger partial charge in [-0.05, 0) is 22.6 Å². The monoisotopic (exact) mass is 404 g/mol. The first-order valence-electron chi connectivity index (χ1n) is 6.67. The largest absolute Gasteiger partial charge is 0.382 e. The average molecular weight is 404 g/mol. The molecular weight excluding hydrogens is 387 g/mol. The van der Waals surface area contributed by atoms with Crippen LogP contribution in [0.3, 0.4) is 0 Å². The van der Waals surface area contributed by atoms with Crippen LogP contribution >= 0.6 is 22.6 Å². The van der Waals surface area contributed by atoms with E-state index in [4.69, 9.17) is 14.2 Å². The molecule has 0 bridgehead atoms. The van der Waals surface area contributed by atoms with Crippen LogP contribution in [0.1, 0.15) is 13.2 Å². The van der Waals surface area contributed by atoms with E-state index in [2.05, 4.69) is 44.5 Å². The minimum Gasteiger partial charge on any atom is -0.382 e. The molecule has 0 N–H and O–H groups in total. The molecule has 1 saturated heterocycles. The first-order valence-corrected chi connectivity index (χ1v) is 7.75. The highest BCUT2D eigenvalue weighted by Gasteiger charge is 2.43. The van der Waals surface area contributed by atoms with Gasteiger partial charge in [-0.25, -0.2) is 15.0 Å². The number of imidazole rings is 1. The zero-order chi connectivity index (χ0) is 15.0. The van der Waals surface area contributed by atoms with E-state index >= 15 is 0 Å². The molecule has 0 radical (unpaired) electrons. The van der Waals surface area contributed by atoms with Gasteiger partial charge < -0.3 is 14.2 Å². The number of rotatable bonds is 4. The van der Waals surface area contributed by atoms with Gasteiger partial charge in [0, 0.05) is 20.1 Å². The van der Waals surface area contributed by atoms with Crippen LogP contribution in [0.2, 0.25) is 0 Å². The van der Waals surface area contributed by atoms with E-state index in [0.29, 0.717) is 6.61 Å². The van der Waals surface area contributed by atoms with Crippen molar-refractivity contribution in [2.45, 2.75) is 25.4 Å². The summed E-state index contributed by atoms with van der Waals surface area (Å²) in [5.41, 5.74) is 1.57. The molecule has 0 aliphatic carbocycles. The van der Waals surface area contributed by atoms with Crippen molar-refractivity contribution in [3.05, 3.63) is 16.4 Å². The van der Waals surface area contributed by atoms with Gasteiger partial charge in [0.25, 0.3) is 0 Å². The molecule has 3 heterocycles. The molecule has 2 aromatic rings. The molecule has 3 rings (SSSR count). The molecule has 1 fully saturated rings. The zero-order valence-electron chi connectivity index (χ0n) is 12.1. The summed E-state index contributed by atoms with van der Waals surface area (Å²) in [5.74, 6) is 0.167. The van der Waals surface area contributed by atoms with Gasteiger partial charge in [0.1, 0.15) is 27.9 Å². The summed E-state index contributed by atoms with van der Waals surface area (Å²) in [4.78, 5) is 12.9. The van der Waals surface area contributed by atoms with Crippen molar-refractivity contribution in [1.82, 2.24) is 19.5 Å². The number of fused-ring (bicyclic) bond motifs is 1. The Morgan fingerprint density at radius 3 is 2.86 bits per heavy atom. The maximum Gasteiger partial charge on any atom is 0.166 e. The lowest BCUT2D eigenvalue weighted by atomic mass is 10.0. The van der Waals surface area contributed by atoms with Gasteiger partial charge in [-0.3, -0.25) is 4.57 Å². The highest BCUT2D eigenvalue weighted by atomic mass is 127. The van der Waals surface area contributed by atoms with E-state index in [1.165, 1.54) is 0 Å². The van der Waals surface area contributed by atoms with Gasteiger partial charge in [-0.2, -0.15) is 0 Å². The van der Waals surface area contributed by atoms with Gasteiger partial charge in [0.15, 0.2) is 5.65 Å². The van der Waals surface area contributed by atoms with Crippen LogP contribution in [-0.2, 0) is 14.2 Å². The van der Waals surface area contributed by atoms with Gasteiger partial charge >= 0.3 is 0 Å². The lowest BCUT2D eigenvalue weighted by molar-refractivity contribution is -0.0600. The maximum absolute atomic E-state index is 6.12. The van der Waals surface area contributed by atoms with Crippen LogP contribution in [0.5, 0.6) is 0 Å². The number of hydrogen-bond acceptors (Lipinski definition) is 6. The molecule has 0 saturated carbocycles. The fraction of sp³-hybridized carbons (Fsp3) is 0.615. The van der Waals surface area contributed by atoms with E-state index in [1.807, 2.05) is 4.57 Å². The second kappa shape index (κ2) is 6.11. The summed E-state index contributed by atoms with van der Waals surface area (Å²) in [7, 11) is 3.36. The van der Waals surface area contributed by atoms with Crippen LogP contribution < -0.4 is 0 Å². The number of hydrogen-bond donors (Lipinski definition) is 0. The van der Waals surface area contributed by atoms with Crippen molar-refractivity contribution in [3.63, 3.8) is 0 Å². The fourth-order valence-electron chi connectivity index (χ4n) is 2.87. The Hall–Kier alpha value is -0.840. The van der Waals surface area contributed by atoms with Crippen molar-refractivity contribution in [2.24, 2.45) is 5.92 Å². The highest BCUT2D eigenvalue weighted by Crippen LogP contribution is 2.37. The first kappa shape index (κ1) is 15.1. The van der Waals surface area contributed by atoms with E-state index in [9.17, 15) is 0 Å². The number of aromatic nitrogens is 4. The number of halogens is 1. The van der Waals surface area contributed by atoms with Crippen molar-refractivity contribution in [3.8, 4) is 0 Å². The Kier molecular flexibility index (Phi) is 4.38. The topological polar surface area (TPSA) is 71.3 Å². The maximum atomic E-state index is 6.12. The van der Waals surface area contributed by atoms with Gasteiger partial charge in [-0.1, -0.05) is 6.92 Å². The lowest BCUT2D eigenvalue weighted by Crippen LogP contribution is -2.31. The molecule has 2 aromatic heterocycles. The Balaban J connectivity index is 1.97. The quantitative estimate of drug-likeness (QED) is 0.570. The minimum absolute atomic E-state index is 0.0201. The molecule has 1 aliphatic heterocycles. The van der Waals surface area contributed by atoms with Crippen LogP contribution in [-0.4, -0.2) is 52.6 Å². The van der Waals surface area contributed by atoms with Crippen molar-refractivity contribution in [2.75, 3.05) is 20.8 Å². The molecule has 114 valence electrons. The van der Waals surface area contributed by atoms with Crippen molar-refractivity contribution >= 4 is 33.8 Å². The van der Waals surface area contributed by atoms with Crippen LogP contribution in [0.25, 0.3) is 11.2 Å². The summed E-state index contributed by atoms with van der Waals surface area (Å²) in [6.07, 6.45) is 3.00. The molecule has 0 aromatic carbocycles. The molecule has 1 aliphatic rings. The second-order valence-corrected chi connectivity index (χ2v) is 6.09. The van der Waals surface area contributed by atoms with Gasteiger partial charge in [0.2, 0.25) is 0 Å². The Bertz CT molecular complexity index is 635. The summed E-state index contributed by atoms with van der Waals surface area (Å²) < 4.78 is 19.7. The third kappa shape index (κ3) is 2.54. The molecule has 0 spiro atoms. The Labute approximate surface area is 136 Å². The number of ether oxygens (including phenoxy) is 3. The predicted octanol–water partition coefficient (Wildman–Crippen LogP) is 1.63. The summed E-state index contributed by atoms with van der Waals surface area (Å²) in [6, 6.07) is 0. The molecule has 4 atom stereocenters. The molecule has 0 amide bonds. The number of methoxy groups -OCH3 is 2. The molecule has 2 unspecified atom stereocenters. The van der Waals surface area contributed by atoms with Crippen molar-refractivity contribution in [1.29, 1.82) is 0 Å². The third-order valence-electron chi connectivity index (χ3n) is 3.84. The van der Waals surface area contributed by atoms with E-state index in [1.54, 1.807) is 26.9 Å². The molecular formula is C13H17IN4O3.